The van der Waals surface area contributed by atoms with Gasteiger partial charge in [0.2, 0.25) is 27.6 Å². The number of carbonyl (C=O) groups is 5. The molecule has 3 amide bonds. The van der Waals surface area contributed by atoms with E-state index >= 15 is 0 Å². The molecule has 0 bridgehead atoms. The molecule has 14 nitrogen and oxygen atoms in total. The number of benzene rings is 3. The molecule has 0 saturated heterocycles. The van der Waals surface area contributed by atoms with Crippen LogP contribution < -0.4 is 20.7 Å². The summed E-state index contributed by atoms with van der Waals surface area (Å²) in [6.07, 6.45) is 2.39. The molecule has 4 aromatic rings. The van der Waals surface area contributed by atoms with Crippen LogP contribution in [0.5, 0.6) is 0 Å². The van der Waals surface area contributed by atoms with Gasteiger partial charge in [-0.15, -0.1) is 0 Å². The summed E-state index contributed by atoms with van der Waals surface area (Å²) in [5.74, 6) is -4.96. The minimum absolute atomic E-state index is 0.0209. The number of carbonyl (C=O) groups excluding carboxylic acids is 5. The molecule has 1 unspecified atom stereocenters. The number of nitrogens with one attached hydrogen (secondary N) is 4. The van der Waals surface area contributed by atoms with Gasteiger partial charge in [0.25, 0.3) is 5.91 Å². The van der Waals surface area contributed by atoms with Crippen LogP contribution in [0.15, 0.2) is 76.9 Å². The van der Waals surface area contributed by atoms with Gasteiger partial charge in [0.15, 0.2) is 5.78 Å². The van der Waals surface area contributed by atoms with Crippen molar-refractivity contribution in [2.45, 2.75) is 50.9 Å². The molecular weight excluding hydrogens is 724 g/mol. The highest BCUT2D eigenvalue weighted by atomic mass is 32.2. The Bertz CT molecular complexity index is 2250. The number of esters is 1. The Kier molecular flexibility index (Phi) is 12.3. The minimum Gasteiger partial charge on any atom is -0.502 e. The van der Waals surface area contributed by atoms with Crippen LogP contribution in [-0.4, -0.2) is 69.2 Å². The Morgan fingerprint density at radius 2 is 1.78 bits per heavy atom. The second-order valence-electron chi connectivity index (χ2n) is 12.6. The molecule has 16 heteroatoms. The van der Waals surface area contributed by atoms with Crippen LogP contribution in [0.4, 0.5) is 4.39 Å². The fraction of sp³-hybridized carbons (Fsp3) is 0.289. The van der Waals surface area contributed by atoms with Crippen LogP contribution in [0, 0.1) is 5.82 Å². The Balaban J connectivity index is 1.20. The lowest BCUT2D eigenvalue weighted by Gasteiger charge is -2.15. The summed E-state index contributed by atoms with van der Waals surface area (Å²) in [6, 6.07) is 13.8. The van der Waals surface area contributed by atoms with Crippen molar-refractivity contribution in [1.82, 2.24) is 20.7 Å². The van der Waals surface area contributed by atoms with E-state index in [0.717, 1.165) is 24.5 Å². The summed E-state index contributed by atoms with van der Waals surface area (Å²) < 4.78 is 53.1. The van der Waals surface area contributed by atoms with Crippen molar-refractivity contribution in [3.63, 3.8) is 0 Å². The van der Waals surface area contributed by atoms with Crippen LogP contribution in [0.3, 0.4) is 0 Å². The second kappa shape index (κ2) is 16.9. The quantitative estimate of drug-likeness (QED) is 0.0481. The molecule has 0 radical (unpaired) electrons. The number of allylic oxidation sites excluding steroid dienone is 1. The molecule has 1 aromatic heterocycles. The predicted molar refractivity (Wildman–Crippen MR) is 195 cm³/mol. The maximum Gasteiger partial charge on any atom is 0.373 e. The molecule has 1 fully saturated rings. The summed E-state index contributed by atoms with van der Waals surface area (Å²) in [6.45, 7) is 2.31. The number of hydrogen-bond donors (Lipinski definition) is 5. The van der Waals surface area contributed by atoms with E-state index in [-0.39, 0.29) is 41.5 Å². The summed E-state index contributed by atoms with van der Waals surface area (Å²) in [7, 11) is -2.61. The van der Waals surface area contributed by atoms with Crippen LogP contribution in [0.1, 0.15) is 70.0 Å². The number of hydrogen-bond acceptors (Lipinski definition) is 10. The third-order valence-electron chi connectivity index (χ3n) is 8.53. The molecule has 54 heavy (non-hydrogen) atoms. The number of ketones is 1. The molecule has 0 spiro atoms. The van der Waals surface area contributed by atoms with Crippen LogP contribution in [0.2, 0.25) is 0 Å². The molecule has 5 N–H and O–H groups in total. The molecule has 284 valence electrons. The van der Waals surface area contributed by atoms with Gasteiger partial charge in [0, 0.05) is 36.2 Å². The van der Waals surface area contributed by atoms with E-state index in [0.29, 0.717) is 22.1 Å². The van der Waals surface area contributed by atoms with E-state index in [2.05, 4.69) is 25.4 Å². The first kappa shape index (κ1) is 39.3. The molecule has 0 aliphatic heterocycles. The second-order valence-corrected chi connectivity index (χ2v) is 14.4. The highest BCUT2D eigenvalue weighted by Gasteiger charge is 2.31. The number of rotatable bonds is 16. The third-order valence-corrected chi connectivity index (χ3v) is 9.80. The molecule has 1 saturated carbocycles. The summed E-state index contributed by atoms with van der Waals surface area (Å²) in [4.78, 5) is 62.4. The number of furan rings is 1. The van der Waals surface area contributed by atoms with E-state index < -0.39 is 69.4 Å². The van der Waals surface area contributed by atoms with Gasteiger partial charge in [-0.1, -0.05) is 18.2 Å². The third kappa shape index (κ3) is 9.76. The molecule has 3 aromatic carbocycles. The average molecular weight is 763 g/mol. The first-order valence-electron chi connectivity index (χ1n) is 17.0. The number of fused-ring (bicyclic) bond motifs is 1. The van der Waals surface area contributed by atoms with Crippen molar-refractivity contribution in [3.05, 3.63) is 106 Å². The summed E-state index contributed by atoms with van der Waals surface area (Å²) in [5.41, 5.74) is 2.80. The number of aliphatic hydroxyl groups is 1. The Morgan fingerprint density at radius 3 is 2.44 bits per heavy atom. The largest absolute Gasteiger partial charge is 0.502 e. The van der Waals surface area contributed by atoms with Crippen LogP contribution >= 0.6 is 0 Å². The zero-order chi connectivity index (χ0) is 39.2. The van der Waals surface area contributed by atoms with E-state index in [4.69, 9.17) is 4.42 Å². The van der Waals surface area contributed by atoms with Gasteiger partial charge >= 0.3 is 5.97 Å². The predicted octanol–water partition coefficient (Wildman–Crippen LogP) is 3.90. The number of halogens is 1. The lowest BCUT2D eigenvalue weighted by atomic mass is 9.98. The first-order valence-corrected chi connectivity index (χ1v) is 18.7. The highest BCUT2D eigenvalue weighted by Crippen LogP contribution is 2.45. The van der Waals surface area contributed by atoms with Gasteiger partial charge in [-0.2, -0.15) is 0 Å². The monoisotopic (exact) mass is 762 g/mol. The number of amides is 3. The lowest BCUT2D eigenvalue weighted by molar-refractivity contribution is -0.141. The fourth-order valence-electron chi connectivity index (χ4n) is 5.69. The van der Waals surface area contributed by atoms with Crippen molar-refractivity contribution < 1.29 is 51.0 Å². The lowest BCUT2D eigenvalue weighted by Crippen LogP contribution is -2.47. The first-order chi connectivity index (χ1) is 25.7. The minimum atomic E-state index is -4.08. The van der Waals surface area contributed by atoms with E-state index in [1.165, 1.54) is 50.4 Å². The van der Waals surface area contributed by atoms with Gasteiger partial charge in [-0.05, 0) is 91.8 Å². The van der Waals surface area contributed by atoms with E-state index in [9.17, 15) is 41.9 Å². The fourth-order valence-corrected chi connectivity index (χ4v) is 6.81. The van der Waals surface area contributed by atoms with Crippen LogP contribution in [-0.2, 0) is 41.4 Å². The van der Waals surface area contributed by atoms with Crippen molar-refractivity contribution in [2.75, 3.05) is 20.2 Å². The average Bonchev–Trinajstić information content (AvgIpc) is 3.93. The molecule has 1 atom stereocenters. The van der Waals surface area contributed by atoms with Gasteiger partial charge in [0.1, 0.15) is 23.2 Å². The molecule has 1 aliphatic carbocycles. The summed E-state index contributed by atoms with van der Waals surface area (Å²) >= 11 is 0. The zero-order valence-corrected chi connectivity index (χ0v) is 30.5. The topological polar surface area (TPSA) is 210 Å². The smallest absolute Gasteiger partial charge is 0.373 e. The normalized spacial score (nSPS) is 13.6. The van der Waals surface area contributed by atoms with E-state index in [1.54, 1.807) is 31.2 Å². The standard InChI is InChI=1S/C38H39FN4O10S/c1-4-52-38(49)31(45)17-30(44)25-7-5-6-22(14-25)18-41-36(47)21(2)43-33(46)19-42-54(50,51)20-26-15-32-29(16-28(26)23-8-9-23)34(37(48)40-3)35(53-32)24-10-12-27(39)13-11-24/h5-7,10-17,21,23,42,45H,4,8-9,18-20H2,1-3H3,(H,40,48)(H,41,47)(H,43,46)/b31-17-. The van der Waals surface area contributed by atoms with Gasteiger partial charge < -0.3 is 30.2 Å². The summed E-state index contributed by atoms with van der Waals surface area (Å²) in [5, 5.41) is 17.9. The molecular formula is C38H39FN4O10S. The van der Waals surface area contributed by atoms with Crippen LogP contribution in [0.25, 0.3) is 22.3 Å². The van der Waals surface area contributed by atoms with Crippen molar-refractivity contribution in [2.24, 2.45) is 0 Å². The number of ether oxygens (including phenoxy) is 1. The molecule has 1 aliphatic rings. The van der Waals surface area contributed by atoms with Crippen molar-refractivity contribution >= 4 is 50.5 Å². The SMILES string of the molecule is CCOC(=O)/C(O)=C/C(=O)c1cccc(CNC(=O)C(C)NC(=O)CNS(=O)(=O)Cc2cc3oc(-c4ccc(F)cc4)c(C(=O)NC)c3cc2C2CC2)c1. The van der Waals surface area contributed by atoms with Gasteiger partial charge in [-0.25, -0.2) is 22.3 Å². The Labute approximate surface area is 310 Å². The Hall–Kier alpha value is -5.87. The van der Waals surface area contributed by atoms with E-state index in [1.807, 2.05) is 0 Å². The number of sulfonamides is 1. The van der Waals surface area contributed by atoms with Gasteiger partial charge in [-0.3, -0.25) is 19.2 Å². The number of aliphatic hydroxyl groups excluding tert-OH is 1. The molecule has 5 rings (SSSR count). The maximum absolute atomic E-state index is 13.6. The van der Waals surface area contributed by atoms with Gasteiger partial charge in [0.05, 0.1) is 24.5 Å². The maximum atomic E-state index is 13.6. The highest BCUT2D eigenvalue weighted by molar-refractivity contribution is 7.88. The Morgan fingerprint density at radius 1 is 1.06 bits per heavy atom. The molecule has 1 heterocycles. The van der Waals surface area contributed by atoms with Crippen molar-refractivity contribution in [3.8, 4) is 11.3 Å². The van der Waals surface area contributed by atoms with Crippen molar-refractivity contribution in [1.29, 1.82) is 0 Å². The zero-order valence-electron chi connectivity index (χ0n) is 29.7.